The van der Waals surface area contributed by atoms with Crippen molar-refractivity contribution in [3.63, 3.8) is 0 Å². The highest BCUT2D eigenvalue weighted by molar-refractivity contribution is 7.99. The van der Waals surface area contributed by atoms with Crippen LogP contribution in [-0.2, 0) is 0 Å². The molecule has 29 heavy (non-hydrogen) atoms. The third-order valence-corrected chi connectivity index (χ3v) is 6.93. The predicted octanol–water partition coefficient (Wildman–Crippen LogP) is 5.30. The molecule has 4 nitrogen and oxygen atoms in total. The number of para-hydroxylation sites is 1. The van der Waals surface area contributed by atoms with Gasteiger partial charge in [-0.05, 0) is 69.6 Å². The zero-order valence-corrected chi connectivity index (χ0v) is 18.3. The maximum Gasteiger partial charge on any atom is 0.251 e. The van der Waals surface area contributed by atoms with Crippen LogP contribution < -0.4 is 10.2 Å². The van der Waals surface area contributed by atoms with Crippen molar-refractivity contribution in [2.45, 2.75) is 55.4 Å². The Morgan fingerprint density at radius 2 is 1.86 bits per heavy atom. The molecule has 0 saturated carbocycles. The summed E-state index contributed by atoms with van der Waals surface area (Å²) >= 11 is 1.80. The summed E-state index contributed by atoms with van der Waals surface area (Å²) in [6.45, 7) is 8.62. The minimum Gasteiger partial charge on any atom is -0.352 e. The number of fused-ring (bicyclic) bond motifs is 2. The summed E-state index contributed by atoms with van der Waals surface area (Å²) < 4.78 is 0. The van der Waals surface area contributed by atoms with E-state index in [1.165, 1.54) is 41.4 Å². The Morgan fingerprint density at radius 1 is 1.10 bits per heavy atom. The van der Waals surface area contributed by atoms with E-state index in [2.05, 4.69) is 65.4 Å². The molecule has 1 N–H and O–H groups in total. The number of hydrogen-bond acceptors (Lipinski definition) is 4. The van der Waals surface area contributed by atoms with Crippen molar-refractivity contribution < 1.29 is 4.79 Å². The standard InChI is InChI=1S/C24H31N3OS/c1-3-4-13-25-24(28)19-11-12-23-21(16-19)27(18(2)17-26-14-7-8-15-26)20-9-5-6-10-22(20)29-23/h5-6,9-12,16,18H,3-4,7-8,13-15,17H2,1-2H3,(H,25,28)/t18-/m1/s1. The topological polar surface area (TPSA) is 35.6 Å². The number of nitrogens with zero attached hydrogens (tertiary/aromatic N) is 2. The van der Waals surface area contributed by atoms with Gasteiger partial charge in [-0.3, -0.25) is 4.79 Å². The number of nitrogens with one attached hydrogen (secondary N) is 1. The van der Waals surface area contributed by atoms with Crippen molar-refractivity contribution in [1.29, 1.82) is 0 Å². The van der Waals surface area contributed by atoms with Crippen molar-refractivity contribution in [2.75, 3.05) is 31.1 Å². The fourth-order valence-corrected chi connectivity index (χ4v) is 5.35. The summed E-state index contributed by atoms with van der Waals surface area (Å²) in [7, 11) is 0. The zero-order valence-electron chi connectivity index (χ0n) is 17.5. The monoisotopic (exact) mass is 409 g/mol. The number of carbonyl (C=O) groups is 1. The van der Waals surface area contributed by atoms with Gasteiger partial charge in [0.1, 0.15) is 0 Å². The number of benzene rings is 2. The first kappa shape index (κ1) is 20.3. The molecule has 154 valence electrons. The first-order valence-electron chi connectivity index (χ1n) is 10.9. The van der Waals surface area contributed by atoms with Crippen molar-refractivity contribution in [2.24, 2.45) is 0 Å². The molecule has 4 rings (SSSR count). The minimum atomic E-state index is 0.0252. The molecule has 5 heteroatoms. The number of hydrogen-bond donors (Lipinski definition) is 1. The van der Waals surface area contributed by atoms with E-state index in [0.717, 1.165) is 37.2 Å². The largest absolute Gasteiger partial charge is 0.352 e. The SMILES string of the molecule is CCCCNC(=O)c1ccc2c(c1)N([C@H](C)CN1CCCC1)c1ccccc1S2. The second-order valence-corrected chi connectivity index (χ2v) is 9.17. The molecule has 1 saturated heterocycles. The molecule has 1 fully saturated rings. The third kappa shape index (κ3) is 4.46. The summed E-state index contributed by atoms with van der Waals surface area (Å²) in [6, 6.07) is 15.1. The second kappa shape index (κ2) is 9.23. The van der Waals surface area contributed by atoms with Crippen molar-refractivity contribution in [1.82, 2.24) is 10.2 Å². The molecule has 0 unspecified atom stereocenters. The maximum absolute atomic E-state index is 12.7. The highest BCUT2D eigenvalue weighted by atomic mass is 32.2. The van der Waals surface area contributed by atoms with Crippen molar-refractivity contribution >= 4 is 29.0 Å². The van der Waals surface area contributed by atoms with Gasteiger partial charge in [-0.1, -0.05) is 37.2 Å². The molecule has 0 aliphatic carbocycles. The Labute approximate surface area is 178 Å². The van der Waals surface area contributed by atoms with Crippen LogP contribution in [0.2, 0.25) is 0 Å². The predicted molar refractivity (Wildman–Crippen MR) is 122 cm³/mol. The lowest BCUT2D eigenvalue weighted by molar-refractivity contribution is 0.0953. The molecule has 0 spiro atoms. The van der Waals surface area contributed by atoms with Gasteiger partial charge >= 0.3 is 0 Å². The molecule has 1 atom stereocenters. The zero-order chi connectivity index (χ0) is 20.2. The summed E-state index contributed by atoms with van der Waals surface area (Å²) in [5, 5.41) is 3.06. The van der Waals surface area contributed by atoms with Crippen molar-refractivity contribution in [3.8, 4) is 0 Å². The molecule has 0 aromatic heterocycles. The highest BCUT2D eigenvalue weighted by Crippen LogP contribution is 2.49. The summed E-state index contributed by atoms with van der Waals surface area (Å²) in [4.78, 5) is 20.2. The molecule has 2 aromatic carbocycles. The number of carbonyl (C=O) groups excluding carboxylic acids is 1. The summed E-state index contributed by atoms with van der Waals surface area (Å²) in [5.74, 6) is 0.0252. The average molecular weight is 410 g/mol. The van der Waals surface area contributed by atoms with E-state index >= 15 is 0 Å². The van der Waals surface area contributed by atoms with Gasteiger partial charge in [0, 0.05) is 34.5 Å². The first-order valence-corrected chi connectivity index (χ1v) is 11.7. The highest BCUT2D eigenvalue weighted by Gasteiger charge is 2.29. The van der Waals surface area contributed by atoms with E-state index in [0.29, 0.717) is 6.04 Å². The van der Waals surface area contributed by atoms with Gasteiger partial charge in [0.25, 0.3) is 5.91 Å². The number of anilines is 2. The molecular weight excluding hydrogens is 378 g/mol. The van der Waals surface area contributed by atoms with E-state index in [4.69, 9.17) is 0 Å². The van der Waals surface area contributed by atoms with E-state index in [1.54, 1.807) is 11.8 Å². The van der Waals surface area contributed by atoms with Gasteiger partial charge in [-0.25, -0.2) is 0 Å². The normalized spacial score (nSPS) is 17.0. The van der Waals surface area contributed by atoms with Gasteiger partial charge in [-0.2, -0.15) is 0 Å². The Bertz CT molecular complexity index is 863. The molecule has 0 bridgehead atoms. The molecular formula is C24H31N3OS. The molecule has 2 heterocycles. The van der Waals surface area contributed by atoms with Gasteiger partial charge < -0.3 is 15.1 Å². The van der Waals surface area contributed by atoms with Crippen molar-refractivity contribution in [3.05, 3.63) is 48.0 Å². The van der Waals surface area contributed by atoms with Gasteiger partial charge in [0.2, 0.25) is 0 Å². The first-order chi connectivity index (χ1) is 14.2. The Kier molecular flexibility index (Phi) is 6.46. The summed E-state index contributed by atoms with van der Waals surface area (Å²) in [5.41, 5.74) is 3.15. The minimum absolute atomic E-state index is 0.0252. The number of amides is 1. The van der Waals surface area contributed by atoms with E-state index in [1.807, 2.05) is 6.07 Å². The lowest BCUT2D eigenvalue weighted by atomic mass is 10.1. The number of likely N-dealkylation sites (tertiary alicyclic amines) is 1. The van der Waals surface area contributed by atoms with Crippen LogP contribution >= 0.6 is 11.8 Å². The van der Waals surface area contributed by atoms with Crippen LogP contribution in [0.5, 0.6) is 0 Å². The van der Waals surface area contributed by atoms with Crippen LogP contribution in [0.15, 0.2) is 52.3 Å². The second-order valence-electron chi connectivity index (χ2n) is 8.09. The molecule has 2 aliphatic rings. The van der Waals surface area contributed by atoms with E-state index in [-0.39, 0.29) is 5.91 Å². The van der Waals surface area contributed by atoms with Crippen LogP contribution in [0.3, 0.4) is 0 Å². The van der Waals surface area contributed by atoms with Gasteiger partial charge in [-0.15, -0.1) is 0 Å². The lowest BCUT2D eigenvalue weighted by Crippen LogP contribution is -2.40. The van der Waals surface area contributed by atoms with Crippen LogP contribution in [0.4, 0.5) is 11.4 Å². The quantitative estimate of drug-likeness (QED) is 0.629. The van der Waals surface area contributed by atoms with Gasteiger partial charge in [0.05, 0.1) is 11.4 Å². The number of unbranched alkanes of at least 4 members (excludes halogenated alkanes) is 1. The van der Waals surface area contributed by atoms with E-state index < -0.39 is 0 Å². The Morgan fingerprint density at radius 3 is 2.66 bits per heavy atom. The summed E-state index contributed by atoms with van der Waals surface area (Å²) in [6.07, 6.45) is 4.70. The Balaban J connectivity index is 1.64. The third-order valence-electron chi connectivity index (χ3n) is 5.80. The Hall–Kier alpha value is -1.98. The smallest absolute Gasteiger partial charge is 0.251 e. The van der Waals surface area contributed by atoms with E-state index in [9.17, 15) is 4.79 Å². The molecule has 1 amide bonds. The fraction of sp³-hybridized carbons (Fsp3) is 0.458. The van der Waals surface area contributed by atoms with Crippen LogP contribution in [0.1, 0.15) is 49.9 Å². The fourth-order valence-electron chi connectivity index (χ4n) is 4.30. The maximum atomic E-state index is 12.7. The van der Waals surface area contributed by atoms with Gasteiger partial charge in [0.15, 0.2) is 0 Å². The molecule has 0 radical (unpaired) electrons. The lowest BCUT2D eigenvalue weighted by Gasteiger charge is -2.39. The number of rotatable bonds is 7. The average Bonchev–Trinajstić information content (AvgIpc) is 3.24. The van der Waals surface area contributed by atoms with Crippen LogP contribution in [0, 0.1) is 0 Å². The molecule has 2 aliphatic heterocycles. The van der Waals surface area contributed by atoms with Crippen LogP contribution in [-0.4, -0.2) is 43.0 Å². The van der Waals surface area contributed by atoms with Crippen LogP contribution in [0.25, 0.3) is 0 Å². The molecule has 2 aromatic rings.